The largest absolute Gasteiger partial charge is 0.341 e. The van der Waals surface area contributed by atoms with Gasteiger partial charge < -0.3 is 10.6 Å². The fourth-order valence-corrected chi connectivity index (χ4v) is 2.42. The van der Waals surface area contributed by atoms with E-state index in [0.717, 1.165) is 29.1 Å². The molecule has 0 spiro atoms. The van der Waals surface area contributed by atoms with Crippen molar-refractivity contribution in [2.24, 2.45) is 5.73 Å². The van der Waals surface area contributed by atoms with Crippen LogP contribution in [0.5, 0.6) is 0 Å². The maximum Gasteiger partial charge on any atom is 0.263 e. The van der Waals surface area contributed by atoms with E-state index in [1.165, 1.54) is 17.8 Å². The number of hydrogen-bond acceptors (Lipinski definition) is 3. The average molecular weight is 264 g/mol. The first-order valence-corrected chi connectivity index (χ1v) is 7.05. The normalized spacial score (nSPS) is 9.72. The van der Waals surface area contributed by atoms with E-state index < -0.39 is 0 Å². The Morgan fingerprint density at radius 3 is 2.89 bits per heavy atom. The molecule has 0 saturated heterocycles. The average Bonchev–Trinajstić information content (AvgIpc) is 2.84. The molecule has 0 saturated carbocycles. The molecule has 3 nitrogen and oxygen atoms in total. The highest BCUT2D eigenvalue weighted by Gasteiger charge is 2.13. The predicted octanol–water partition coefficient (Wildman–Crippen LogP) is 2.32. The molecule has 1 aromatic heterocycles. The second-order valence-electron chi connectivity index (χ2n) is 4.10. The Kier molecular flexibility index (Phi) is 6.48. The Labute approximate surface area is 113 Å². The van der Waals surface area contributed by atoms with Crippen molar-refractivity contribution in [2.75, 3.05) is 20.1 Å². The zero-order valence-corrected chi connectivity index (χ0v) is 11.8. The summed E-state index contributed by atoms with van der Waals surface area (Å²) in [7, 11) is 1.85. The van der Waals surface area contributed by atoms with E-state index in [9.17, 15) is 4.79 Å². The van der Waals surface area contributed by atoms with E-state index in [1.807, 2.05) is 19.2 Å². The first kappa shape index (κ1) is 14.7. The van der Waals surface area contributed by atoms with Gasteiger partial charge in [-0.1, -0.05) is 31.6 Å². The molecule has 2 N–H and O–H groups in total. The van der Waals surface area contributed by atoms with Crippen molar-refractivity contribution < 1.29 is 4.79 Å². The van der Waals surface area contributed by atoms with Crippen LogP contribution in [-0.4, -0.2) is 30.9 Å². The molecule has 1 rings (SSSR count). The number of nitrogens with two attached hydrogens (primary N) is 1. The minimum absolute atomic E-state index is 0.0805. The molecule has 1 amide bonds. The molecule has 0 aliphatic rings. The van der Waals surface area contributed by atoms with E-state index in [1.54, 1.807) is 4.90 Å². The number of amides is 1. The molecule has 0 aliphatic carbocycles. The molecule has 0 bridgehead atoms. The lowest BCUT2D eigenvalue weighted by Crippen LogP contribution is -2.26. The minimum Gasteiger partial charge on any atom is -0.341 e. The number of rotatable bonds is 5. The SMILES string of the molecule is CCCCCN(C)C(=O)c1ccc(C#CCN)s1. The summed E-state index contributed by atoms with van der Waals surface area (Å²) in [5.41, 5.74) is 5.32. The second-order valence-corrected chi connectivity index (χ2v) is 5.19. The topological polar surface area (TPSA) is 46.3 Å². The number of nitrogens with zero attached hydrogens (tertiary/aromatic N) is 1. The number of unbranched alkanes of at least 4 members (excludes halogenated alkanes) is 2. The van der Waals surface area contributed by atoms with E-state index >= 15 is 0 Å². The molecular weight excluding hydrogens is 244 g/mol. The fourth-order valence-electron chi connectivity index (χ4n) is 1.55. The molecule has 0 aliphatic heterocycles. The summed E-state index contributed by atoms with van der Waals surface area (Å²) < 4.78 is 0. The molecule has 0 unspecified atom stereocenters. The maximum atomic E-state index is 12.1. The van der Waals surface area contributed by atoms with Crippen molar-refractivity contribution in [2.45, 2.75) is 26.2 Å². The monoisotopic (exact) mass is 264 g/mol. The van der Waals surface area contributed by atoms with E-state index in [2.05, 4.69) is 18.8 Å². The third kappa shape index (κ3) is 4.52. The fraction of sp³-hybridized carbons (Fsp3) is 0.500. The van der Waals surface area contributed by atoms with Crippen LogP contribution in [0.2, 0.25) is 0 Å². The van der Waals surface area contributed by atoms with Gasteiger partial charge in [-0.05, 0) is 18.6 Å². The summed E-state index contributed by atoms with van der Waals surface area (Å²) in [6.45, 7) is 3.32. The zero-order chi connectivity index (χ0) is 13.4. The number of hydrogen-bond donors (Lipinski definition) is 1. The van der Waals surface area contributed by atoms with Gasteiger partial charge in [-0.25, -0.2) is 0 Å². The van der Waals surface area contributed by atoms with Crippen molar-refractivity contribution in [3.05, 3.63) is 21.9 Å². The van der Waals surface area contributed by atoms with E-state index in [-0.39, 0.29) is 5.91 Å². The van der Waals surface area contributed by atoms with Gasteiger partial charge in [0.2, 0.25) is 0 Å². The van der Waals surface area contributed by atoms with Crippen LogP contribution >= 0.6 is 11.3 Å². The van der Waals surface area contributed by atoms with Crippen molar-refractivity contribution in [3.8, 4) is 11.8 Å². The molecule has 18 heavy (non-hydrogen) atoms. The van der Waals surface area contributed by atoms with E-state index in [0.29, 0.717) is 6.54 Å². The Morgan fingerprint density at radius 1 is 1.44 bits per heavy atom. The van der Waals surface area contributed by atoms with Gasteiger partial charge in [0, 0.05) is 13.6 Å². The van der Waals surface area contributed by atoms with Crippen molar-refractivity contribution in [3.63, 3.8) is 0 Å². The lowest BCUT2D eigenvalue weighted by atomic mass is 10.2. The maximum absolute atomic E-state index is 12.1. The Balaban J connectivity index is 2.57. The van der Waals surface area contributed by atoms with Crippen molar-refractivity contribution >= 4 is 17.2 Å². The quantitative estimate of drug-likeness (QED) is 0.655. The van der Waals surface area contributed by atoms with Crippen molar-refractivity contribution in [1.29, 1.82) is 0 Å². The highest BCUT2D eigenvalue weighted by molar-refractivity contribution is 7.14. The smallest absolute Gasteiger partial charge is 0.263 e. The van der Waals surface area contributed by atoms with Crippen LogP contribution < -0.4 is 5.73 Å². The van der Waals surface area contributed by atoms with Gasteiger partial charge in [0.15, 0.2) is 0 Å². The van der Waals surface area contributed by atoms with Crippen LogP contribution in [0.15, 0.2) is 12.1 Å². The van der Waals surface area contributed by atoms with E-state index in [4.69, 9.17) is 5.73 Å². The van der Waals surface area contributed by atoms with Crippen LogP contribution in [0, 0.1) is 11.8 Å². The highest BCUT2D eigenvalue weighted by atomic mass is 32.1. The highest BCUT2D eigenvalue weighted by Crippen LogP contribution is 2.17. The Hall–Kier alpha value is -1.31. The number of thiophene rings is 1. The Bertz CT molecular complexity index is 442. The van der Waals surface area contributed by atoms with Crippen LogP contribution in [0.3, 0.4) is 0 Å². The third-order valence-corrected chi connectivity index (χ3v) is 3.56. The number of carbonyl (C=O) groups is 1. The van der Waals surface area contributed by atoms with Crippen LogP contribution in [0.1, 0.15) is 40.7 Å². The van der Waals surface area contributed by atoms with Crippen LogP contribution in [-0.2, 0) is 0 Å². The van der Waals surface area contributed by atoms with Crippen molar-refractivity contribution in [1.82, 2.24) is 4.90 Å². The molecule has 0 atom stereocenters. The lowest BCUT2D eigenvalue weighted by molar-refractivity contribution is 0.0797. The summed E-state index contributed by atoms with van der Waals surface area (Å²) in [6, 6.07) is 3.71. The molecule has 1 heterocycles. The lowest BCUT2D eigenvalue weighted by Gasteiger charge is -2.15. The molecule has 4 heteroatoms. The standard InChI is InChI=1S/C14H20N2OS/c1-3-4-5-11-16(2)14(17)13-9-8-12(18-13)7-6-10-15/h8-9H,3-5,10-11,15H2,1-2H3. The summed E-state index contributed by atoms with van der Waals surface area (Å²) in [4.78, 5) is 15.5. The van der Waals surface area contributed by atoms with Gasteiger partial charge in [0.05, 0.1) is 16.3 Å². The van der Waals surface area contributed by atoms with Gasteiger partial charge in [0.1, 0.15) is 0 Å². The molecular formula is C14H20N2OS. The summed E-state index contributed by atoms with van der Waals surface area (Å²) in [5.74, 6) is 5.82. The molecule has 0 fully saturated rings. The summed E-state index contributed by atoms with van der Waals surface area (Å²) in [5, 5.41) is 0. The first-order chi connectivity index (χ1) is 8.69. The van der Waals surface area contributed by atoms with Gasteiger partial charge in [-0.15, -0.1) is 11.3 Å². The van der Waals surface area contributed by atoms with Gasteiger partial charge >= 0.3 is 0 Å². The molecule has 1 aromatic rings. The molecule has 0 radical (unpaired) electrons. The predicted molar refractivity (Wildman–Crippen MR) is 76.7 cm³/mol. The summed E-state index contributed by atoms with van der Waals surface area (Å²) in [6.07, 6.45) is 3.39. The first-order valence-electron chi connectivity index (χ1n) is 6.23. The van der Waals surface area contributed by atoms with Crippen LogP contribution in [0.25, 0.3) is 0 Å². The van der Waals surface area contributed by atoms with Gasteiger partial charge in [0.25, 0.3) is 5.91 Å². The van der Waals surface area contributed by atoms with Gasteiger partial charge in [-0.2, -0.15) is 0 Å². The molecule has 0 aromatic carbocycles. The third-order valence-electron chi connectivity index (χ3n) is 2.57. The van der Waals surface area contributed by atoms with Gasteiger partial charge in [-0.3, -0.25) is 4.79 Å². The summed E-state index contributed by atoms with van der Waals surface area (Å²) >= 11 is 1.43. The Morgan fingerprint density at radius 2 is 2.22 bits per heavy atom. The minimum atomic E-state index is 0.0805. The zero-order valence-electron chi connectivity index (χ0n) is 11.0. The molecule has 98 valence electrons. The van der Waals surface area contributed by atoms with Crippen LogP contribution in [0.4, 0.5) is 0 Å². The second kappa shape index (κ2) is 7.91. The number of carbonyl (C=O) groups excluding carboxylic acids is 1.